The first-order valence-corrected chi connectivity index (χ1v) is 16.7. The van der Waals surface area contributed by atoms with Crippen LogP contribution in [0, 0.1) is 6.92 Å². The van der Waals surface area contributed by atoms with E-state index in [2.05, 4.69) is 65.6 Å². The van der Waals surface area contributed by atoms with Crippen LogP contribution in [0.4, 0.5) is 5.69 Å². The van der Waals surface area contributed by atoms with Gasteiger partial charge in [-0.05, 0) is 75.4 Å². The lowest BCUT2D eigenvalue weighted by atomic mass is 9.95. The molecule has 2 aliphatic heterocycles. The summed E-state index contributed by atoms with van der Waals surface area (Å²) in [6.45, 7) is 9.51. The Hall–Kier alpha value is -4.66. The highest BCUT2D eigenvalue weighted by Crippen LogP contribution is 2.47. The van der Waals surface area contributed by atoms with Crippen LogP contribution in [0.15, 0.2) is 78.9 Å². The Kier molecular flexibility index (Phi) is 8.48. The second kappa shape index (κ2) is 12.7. The number of rotatable bonds is 3. The Morgan fingerprint density at radius 2 is 1.81 bits per heavy atom. The van der Waals surface area contributed by atoms with E-state index in [1.165, 1.54) is 18.2 Å². The number of fused-ring (bicyclic) bond motifs is 8. The van der Waals surface area contributed by atoms with Crippen LogP contribution < -0.4 is 9.64 Å². The van der Waals surface area contributed by atoms with Crippen LogP contribution in [-0.2, 0) is 20.7 Å². The van der Waals surface area contributed by atoms with E-state index in [-0.39, 0.29) is 0 Å². The number of benzene rings is 3. The number of methoxy groups -OCH3 is 1. The molecule has 0 N–H and O–H groups in total. The van der Waals surface area contributed by atoms with Crippen LogP contribution in [0.3, 0.4) is 0 Å². The number of hydrogen-bond donors (Lipinski definition) is 0. The van der Waals surface area contributed by atoms with E-state index >= 15 is 0 Å². The number of allylic oxidation sites excluding steroid dienone is 1. The van der Waals surface area contributed by atoms with Crippen molar-refractivity contribution < 1.29 is 19.0 Å². The number of anilines is 1. The molecular weight excluding hydrogens is 624 g/mol. The molecule has 3 aromatic carbocycles. The first kappa shape index (κ1) is 31.9. The fraction of sp³-hybridized carbons (Fsp3) is 0.308. The van der Waals surface area contributed by atoms with E-state index in [1.54, 1.807) is 4.52 Å². The van der Waals surface area contributed by atoms with Crippen LogP contribution in [-0.4, -0.2) is 53.0 Å². The van der Waals surface area contributed by atoms with Gasteiger partial charge >= 0.3 is 5.97 Å². The Morgan fingerprint density at radius 3 is 2.62 bits per heavy atom. The highest BCUT2D eigenvalue weighted by Gasteiger charge is 2.35. The maximum Gasteiger partial charge on any atom is 0.339 e. The second-order valence-corrected chi connectivity index (χ2v) is 13.6. The molecule has 0 amide bonds. The van der Waals surface area contributed by atoms with Crippen molar-refractivity contribution in [2.45, 2.75) is 52.2 Å². The maximum absolute atomic E-state index is 13.5. The third-order valence-electron chi connectivity index (χ3n) is 8.81. The molecule has 0 saturated heterocycles. The van der Waals surface area contributed by atoms with Gasteiger partial charge in [-0.25, -0.2) is 14.3 Å². The van der Waals surface area contributed by atoms with Gasteiger partial charge in [0.2, 0.25) is 0 Å². The first-order chi connectivity index (χ1) is 23.1. The van der Waals surface area contributed by atoms with E-state index in [0.717, 1.165) is 35.3 Å². The number of hydrogen-bond acceptors (Lipinski definition) is 7. The molecule has 9 heteroatoms. The molecule has 6 bridgehead atoms. The summed E-state index contributed by atoms with van der Waals surface area (Å²) in [5, 5.41) is 5.66. The minimum Gasteiger partial charge on any atom is -0.490 e. The van der Waals surface area contributed by atoms with E-state index in [9.17, 15) is 4.79 Å². The lowest BCUT2D eigenvalue weighted by molar-refractivity contribution is -0.164. The van der Waals surface area contributed by atoms with Crippen molar-refractivity contribution in [1.29, 1.82) is 0 Å². The van der Waals surface area contributed by atoms with Crippen molar-refractivity contribution in [2.24, 2.45) is 0 Å². The normalized spacial score (nSPS) is 15.0. The van der Waals surface area contributed by atoms with E-state index in [1.807, 2.05) is 45.9 Å². The minimum atomic E-state index is -1.09. The maximum atomic E-state index is 13.5. The lowest BCUT2D eigenvalue weighted by Gasteiger charge is -2.32. The van der Waals surface area contributed by atoms with Gasteiger partial charge in [0.25, 0.3) is 0 Å². The largest absolute Gasteiger partial charge is 0.490 e. The van der Waals surface area contributed by atoms with E-state index in [4.69, 9.17) is 35.9 Å². The SMILES string of the molecule is COC(=O)[C@@H](OC(C)(C)C)c1c(C)nc2cc3nn2c1-c1ccc2c(c1Cl)N(CC=CCCc1ccccc1-c1cccc-3c1)CCO2. The average Bonchev–Trinajstić information content (AvgIpc) is 3.50. The van der Waals surface area contributed by atoms with Gasteiger partial charge in [0.1, 0.15) is 12.4 Å². The van der Waals surface area contributed by atoms with Crippen LogP contribution in [0.1, 0.15) is 50.1 Å². The number of aromatic nitrogens is 3. The molecule has 2 aliphatic rings. The minimum absolute atomic E-state index is 0.502. The van der Waals surface area contributed by atoms with Crippen molar-refractivity contribution in [2.75, 3.05) is 31.7 Å². The monoisotopic (exact) mass is 662 g/mol. The number of nitrogens with zero attached hydrogens (tertiary/aromatic N) is 4. The van der Waals surface area contributed by atoms with Gasteiger partial charge in [0, 0.05) is 35.0 Å². The van der Waals surface area contributed by atoms with Gasteiger partial charge in [-0.2, -0.15) is 5.10 Å². The van der Waals surface area contributed by atoms with Crippen molar-refractivity contribution in [1.82, 2.24) is 14.6 Å². The van der Waals surface area contributed by atoms with Crippen molar-refractivity contribution in [3.8, 4) is 39.4 Å². The molecule has 8 nitrogen and oxygen atoms in total. The molecule has 0 fully saturated rings. The number of carbonyl (C=O) groups excluding carboxylic acids is 1. The molecule has 246 valence electrons. The van der Waals surface area contributed by atoms with Gasteiger partial charge in [-0.3, -0.25) is 0 Å². The molecule has 0 unspecified atom stereocenters. The molecule has 0 saturated carbocycles. The number of halogens is 1. The Morgan fingerprint density at radius 1 is 1.00 bits per heavy atom. The molecule has 5 aromatic rings. The summed E-state index contributed by atoms with van der Waals surface area (Å²) < 4.78 is 19.6. The molecule has 0 aliphatic carbocycles. The smallest absolute Gasteiger partial charge is 0.339 e. The number of ether oxygens (including phenoxy) is 3. The molecular formula is C39H39ClN4O4. The van der Waals surface area contributed by atoms with Crippen molar-refractivity contribution in [3.05, 3.63) is 101 Å². The van der Waals surface area contributed by atoms with Gasteiger partial charge in [0.05, 0.1) is 41.4 Å². The predicted octanol–water partition coefficient (Wildman–Crippen LogP) is 8.42. The van der Waals surface area contributed by atoms with Crippen LogP contribution >= 0.6 is 11.6 Å². The zero-order chi connectivity index (χ0) is 33.6. The third-order valence-corrected chi connectivity index (χ3v) is 9.19. The van der Waals surface area contributed by atoms with E-state index < -0.39 is 17.7 Å². The summed E-state index contributed by atoms with van der Waals surface area (Å²) in [4.78, 5) is 20.7. The molecule has 7 rings (SSSR count). The first-order valence-electron chi connectivity index (χ1n) is 16.3. The highest BCUT2D eigenvalue weighted by molar-refractivity contribution is 6.36. The summed E-state index contributed by atoms with van der Waals surface area (Å²) in [6, 6.07) is 22.9. The number of esters is 1. The third kappa shape index (κ3) is 5.95. The van der Waals surface area contributed by atoms with Gasteiger partial charge in [-0.15, -0.1) is 0 Å². The lowest BCUT2D eigenvalue weighted by Crippen LogP contribution is -2.33. The molecule has 4 heterocycles. The Labute approximate surface area is 285 Å². The van der Waals surface area contributed by atoms with Gasteiger partial charge in [0.15, 0.2) is 11.8 Å². The van der Waals surface area contributed by atoms with Gasteiger partial charge in [-0.1, -0.05) is 66.2 Å². The zero-order valence-electron chi connectivity index (χ0n) is 27.9. The van der Waals surface area contributed by atoms with Crippen molar-refractivity contribution in [3.63, 3.8) is 0 Å². The summed E-state index contributed by atoms with van der Waals surface area (Å²) >= 11 is 7.42. The Bertz CT molecular complexity index is 2060. The number of aryl methyl sites for hydroxylation is 2. The average molecular weight is 663 g/mol. The molecule has 48 heavy (non-hydrogen) atoms. The summed E-state index contributed by atoms with van der Waals surface area (Å²) in [6.07, 6.45) is 5.19. The molecule has 2 aromatic heterocycles. The standard InChI is InChI=1S/C39H39ClN4O4/c1-24-33(37(38(45)46-5)48-39(2,3)4)35-29-17-18-31-36(34(29)40)43(20-21-47-31)19-10-6-7-12-25-13-8-9-16-28(25)26-14-11-15-27(22-26)30-23-32(41-24)44(35)42-30/h6,8-11,13-18,22-23,37H,7,12,19-21H2,1-5H3/t37-/m0/s1. The second-order valence-electron chi connectivity index (χ2n) is 13.2. The zero-order valence-corrected chi connectivity index (χ0v) is 28.7. The molecule has 0 spiro atoms. The molecule has 0 radical (unpaired) electrons. The highest BCUT2D eigenvalue weighted by atomic mass is 35.5. The van der Waals surface area contributed by atoms with E-state index in [0.29, 0.717) is 58.6 Å². The number of carbonyl (C=O) groups is 1. The Balaban J connectivity index is 1.54. The fourth-order valence-corrected chi connectivity index (χ4v) is 7.02. The summed E-state index contributed by atoms with van der Waals surface area (Å²) in [5.41, 5.74) is 8.51. The fourth-order valence-electron chi connectivity index (χ4n) is 6.66. The summed E-state index contributed by atoms with van der Waals surface area (Å²) in [7, 11) is 1.36. The quantitative estimate of drug-likeness (QED) is 0.142. The summed E-state index contributed by atoms with van der Waals surface area (Å²) in [5.74, 6) is 0.177. The van der Waals surface area contributed by atoms with Crippen LogP contribution in [0.25, 0.3) is 39.3 Å². The van der Waals surface area contributed by atoms with Crippen LogP contribution in [0.2, 0.25) is 5.02 Å². The molecule has 1 atom stereocenters. The van der Waals surface area contributed by atoms with Crippen LogP contribution in [0.5, 0.6) is 5.75 Å². The van der Waals surface area contributed by atoms with Gasteiger partial charge < -0.3 is 19.1 Å². The van der Waals surface area contributed by atoms with Crippen molar-refractivity contribution >= 4 is 28.9 Å². The predicted molar refractivity (Wildman–Crippen MR) is 190 cm³/mol. The topological polar surface area (TPSA) is 78.2 Å².